The molecular weight excluding hydrogens is 333 g/mol. The van der Waals surface area contributed by atoms with Crippen molar-refractivity contribution in [3.8, 4) is 22.4 Å². The molecule has 0 saturated carbocycles. The number of nitrogens with zero attached hydrogens (tertiary/aromatic N) is 3. The number of aryl methyl sites for hydroxylation is 1. The molecule has 0 aliphatic carbocycles. The lowest BCUT2D eigenvalue weighted by Crippen LogP contribution is -2.06. The molecule has 6 heteroatoms. The van der Waals surface area contributed by atoms with Crippen LogP contribution in [-0.4, -0.2) is 25.7 Å². The summed E-state index contributed by atoms with van der Waals surface area (Å²) in [6.07, 6.45) is 0. The molecule has 2 aromatic carbocycles. The number of aromatic carboxylic acids is 1. The molecule has 4 rings (SSSR count). The second-order valence-electron chi connectivity index (χ2n) is 5.90. The van der Waals surface area contributed by atoms with Gasteiger partial charge < -0.3 is 5.11 Å². The van der Waals surface area contributed by atoms with E-state index in [1.165, 1.54) is 18.2 Å². The van der Waals surface area contributed by atoms with E-state index in [0.717, 1.165) is 11.1 Å². The standard InChI is InChI=1S/C20H14FN3O2/c1-12-18(13-6-3-2-4-7-13)19-22-16(20(25)26)11-17(24(19)23-12)14-8-5-9-15(21)10-14/h2-11H,1H3,(H,25,26). The Morgan fingerprint density at radius 3 is 2.46 bits per heavy atom. The molecule has 5 nitrogen and oxygen atoms in total. The average Bonchev–Trinajstić information content (AvgIpc) is 2.97. The summed E-state index contributed by atoms with van der Waals surface area (Å²) in [6, 6.07) is 16.9. The minimum Gasteiger partial charge on any atom is -0.477 e. The number of hydrogen-bond donors (Lipinski definition) is 1. The molecule has 4 aromatic rings. The van der Waals surface area contributed by atoms with Crippen LogP contribution < -0.4 is 0 Å². The summed E-state index contributed by atoms with van der Waals surface area (Å²) in [7, 11) is 0. The lowest BCUT2D eigenvalue weighted by Gasteiger charge is -2.07. The molecule has 2 heterocycles. The molecule has 0 spiro atoms. The van der Waals surface area contributed by atoms with Crippen LogP contribution in [0.1, 0.15) is 16.2 Å². The van der Waals surface area contributed by atoms with Crippen LogP contribution >= 0.6 is 0 Å². The minimum absolute atomic E-state index is 0.117. The van der Waals surface area contributed by atoms with Crippen molar-refractivity contribution in [3.63, 3.8) is 0 Å². The second kappa shape index (κ2) is 6.07. The van der Waals surface area contributed by atoms with Gasteiger partial charge in [-0.25, -0.2) is 18.7 Å². The van der Waals surface area contributed by atoms with Gasteiger partial charge in [-0.05, 0) is 30.7 Å². The van der Waals surface area contributed by atoms with E-state index in [1.807, 2.05) is 37.3 Å². The number of carboxylic acid groups (broad SMARTS) is 1. The Bertz CT molecular complexity index is 1140. The molecule has 0 saturated heterocycles. The predicted octanol–water partition coefficient (Wildman–Crippen LogP) is 4.21. The Hall–Kier alpha value is -3.54. The normalized spacial score (nSPS) is 11.0. The molecular formula is C20H14FN3O2. The molecule has 0 aliphatic heterocycles. The van der Waals surface area contributed by atoms with Gasteiger partial charge in [-0.2, -0.15) is 5.10 Å². The first-order chi connectivity index (χ1) is 12.5. The number of hydrogen-bond acceptors (Lipinski definition) is 3. The summed E-state index contributed by atoms with van der Waals surface area (Å²) in [5.74, 6) is -1.56. The van der Waals surface area contributed by atoms with Crippen molar-refractivity contribution in [3.05, 3.63) is 77.9 Å². The van der Waals surface area contributed by atoms with Gasteiger partial charge in [-0.15, -0.1) is 0 Å². The molecule has 0 bridgehead atoms. The molecule has 0 radical (unpaired) electrons. The third-order valence-electron chi connectivity index (χ3n) is 4.17. The van der Waals surface area contributed by atoms with Gasteiger partial charge in [0.2, 0.25) is 0 Å². The van der Waals surface area contributed by atoms with Crippen LogP contribution in [0.15, 0.2) is 60.7 Å². The van der Waals surface area contributed by atoms with Crippen molar-refractivity contribution < 1.29 is 14.3 Å². The van der Waals surface area contributed by atoms with Crippen LogP contribution in [0.3, 0.4) is 0 Å². The zero-order valence-corrected chi connectivity index (χ0v) is 13.8. The van der Waals surface area contributed by atoms with Crippen LogP contribution in [0.25, 0.3) is 28.0 Å². The fourth-order valence-corrected chi connectivity index (χ4v) is 3.03. The van der Waals surface area contributed by atoms with E-state index >= 15 is 0 Å². The molecule has 0 fully saturated rings. The molecule has 0 aliphatic rings. The number of rotatable bonds is 3. The van der Waals surface area contributed by atoms with E-state index < -0.39 is 11.8 Å². The van der Waals surface area contributed by atoms with Gasteiger partial charge >= 0.3 is 5.97 Å². The molecule has 1 N–H and O–H groups in total. The Morgan fingerprint density at radius 2 is 1.77 bits per heavy atom. The monoisotopic (exact) mass is 347 g/mol. The topological polar surface area (TPSA) is 67.5 Å². The molecule has 0 amide bonds. The van der Waals surface area contributed by atoms with Gasteiger partial charge in [0.1, 0.15) is 5.82 Å². The second-order valence-corrected chi connectivity index (χ2v) is 5.90. The number of aromatic nitrogens is 3. The third-order valence-corrected chi connectivity index (χ3v) is 4.17. The maximum atomic E-state index is 13.7. The first kappa shape index (κ1) is 16.0. The van der Waals surface area contributed by atoms with Crippen molar-refractivity contribution in [2.45, 2.75) is 6.92 Å². The summed E-state index contributed by atoms with van der Waals surface area (Å²) < 4.78 is 15.3. The highest BCUT2D eigenvalue weighted by Crippen LogP contribution is 2.31. The third kappa shape index (κ3) is 2.61. The number of fused-ring (bicyclic) bond motifs is 1. The lowest BCUT2D eigenvalue weighted by molar-refractivity contribution is 0.0690. The van der Waals surface area contributed by atoms with Gasteiger partial charge in [0, 0.05) is 11.1 Å². The fraction of sp³-hybridized carbons (Fsp3) is 0.0500. The van der Waals surface area contributed by atoms with Crippen LogP contribution in [0, 0.1) is 12.7 Å². The smallest absolute Gasteiger partial charge is 0.354 e. The Labute approximate surface area is 148 Å². The predicted molar refractivity (Wildman–Crippen MR) is 95.5 cm³/mol. The Morgan fingerprint density at radius 1 is 1.04 bits per heavy atom. The van der Waals surface area contributed by atoms with Crippen LogP contribution in [-0.2, 0) is 0 Å². The molecule has 2 aromatic heterocycles. The number of halogens is 1. The maximum Gasteiger partial charge on any atom is 0.354 e. The summed E-state index contributed by atoms with van der Waals surface area (Å²) in [4.78, 5) is 15.9. The molecule has 26 heavy (non-hydrogen) atoms. The van der Waals surface area contributed by atoms with Gasteiger partial charge in [0.25, 0.3) is 0 Å². The van der Waals surface area contributed by atoms with Gasteiger partial charge in [-0.3, -0.25) is 0 Å². The molecule has 128 valence electrons. The molecule has 0 unspecified atom stereocenters. The average molecular weight is 347 g/mol. The van der Waals surface area contributed by atoms with Crippen molar-refractivity contribution in [1.82, 2.24) is 14.6 Å². The number of carbonyl (C=O) groups is 1. The van der Waals surface area contributed by atoms with E-state index in [0.29, 0.717) is 22.6 Å². The number of benzene rings is 2. The zero-order chi connectivity index (χ0) is 18.3. The summed E-state index contributed by atoms with van der Waals surface area (Å²) >= 11 is 0. The van der Waals surface area contributed by atoms with Crippen molar-refractivity contribution in [2.75, 3.05) is 0 Å². The van der Waals surface area contributed by atoms with E-state index in [2.05, 4.69) is 10.1 Å². The SMILES string of the molecule is Cc1nn2c(-c3cccc(F)c3)cc(C(=O)O)nc2c1-c1ccccc1. The summed E-state index contributed by atoms with van der Waals surface area (Å²) in [5, 5.41) is 14.0. The summed E-state index contributed by atoms with van der Waals surface area (Å²) in [6.45, 7) is 1.84. The van der Waals surface area contributed by atoms with E-state index in [9.17, 15) is 14.3 Å². The van der Waals surface area contributed by atoms with E-state index in [4.69, 9.17) is 0 Å². The van der Waals surface area contributed by atoms with E-state index in [1.54, 1.807) is 16.6 Å². The first-order valence-electron chi connectivity index (χ1n) is 7.99. The lowest BCUT2D eigenvalue weighted by atomic mass is 10.1. The minimum atomic E-state index is -1.15. The number of carboxylic acids is 1. The highest BCUT2D eigenvalue weighted by Gasteiger charge is 2.19. The van der Waals surface area contributed by atoms with E-state index in [-0.39, 0.29) is 5.69 Å². The largest absolute Gasteiger partial charge is 0.477 e. The highest BCUT2D eigenvalue weighted by atomic mass is 19.1. The van der Waals surface area contributed by atoms with Crippen molar-refractivity contribution in [2.24, 2.45) is 0 Å². The van der Waals surface area contributed by atoms with Gasteiger partial charge in [0.15, 0.2) is 11.3 Å². The first-order valence-corrected chi connectivity index (χ1v) is 7.99. The fourth-order valence-electron chi connectivity index (χ4n) is 3.03. The van der Waals surface area contributed by atoms with Crippen LogP contribution in [0.2, 0.25) is 0 Å². The zero-order valence-electron chi connectivity index (χ0n) is 13.8. The van der Waals surface area contributed by atoms with Gasteiger partial charge in [0.05, 0.1) is 11.4 Å². The Balaban J connectivity index is 2.09. The quantitative estimate of drug-likeness (QED) is 0.603. The Kier molecular flexibility index (Phi) is 3.73. The highest BCUT2D eigenvalue weighted by molar-refractivity contribution is 5.90. The maximum absolute atomic E-state index is 13.7. The van der Waals surface area contributed by atoms with Crippen molar-refractivity contribution >= 4 is 11.6 Å². The molecule has 0 atom stereocenters. The van der Waals surface area contributed by atoms with Crippen LogP contribution in [0.4, 0.5) is 4.39 Å². The van der Waals surface area contributed by atoms with Crippen LogP contribution in [0.5, 0.6) is 0 Å². The summed E-state index contributed by atoms with van der Waals surface area (Å²) in [5.41, 5.74) is 3.66. The van der Waals surface area contributed by atoms with Gasteiger partial charge in [-0.1, -0.05) is 42.5 Å². The van der Waals surface area contributed by atoms with Crippen molar-refractivity contribution in [1.29, 1.82) is 0 Å².